The van der Waals surface area contributed by atoms with Crippen molar-refractivity contribution in [3.63, 3.8) is 0 Å². The quantitative estimate of drug-likeness (QED) is 0.876. The molecule has 112 valence electrons. The second-order valence-electron chi connectivity index (χ2n) is 6.31. The second kappa shape index (κ2) is 5.04. The van der Waals surface area contributed by atoms with Crippen molar-refractivity contribution in [2.45, 2.75) is 44.8 Å². The van der Waals surface area contributed by atoms with Gasteiger partial charge in [0.1, 0.15) is 11.9 Å². The minimum absolute atomic E-state index is 0.535. The fraction of sp³-hybridized carbons (Fsp3) is 0.600. The van der Waals surface area contributed by atoms with Crippen molar-refractivity contribution < 1.29 is 4.90 Å². The van der Waals surface area contributed by atoms with E-state index in [9.17, 15) is 0 Å². The van der Waals surface area contributed by atoms with Gasteiger partial charge in [-0.3, -0.25) is 0 Å². The van der Waals surface area contributed by atoms with Gasteiger partial charge in [0, 0.05) is 29.8 Å². The van der Waals surface area contributed by atoms with Gasteiger partial charge in [-0.05, 0) is 43.4 Å². The molecule has 3 heterocycles. The van der Waals surface area contributed by atoms with Crippen LogP contribution in [0.1, 0.15) is 48.0 Å². The van der Waals surface area contributed by atoms with Gasteiger partial charge < -0.3 is 9.47 Å². The molecule has 0 spiro atoms. The molecule has 1 saturated carbocycles. The number of hydrogen-bond acceptors (Lipinski definition) is 3. The molecule has 0 saturated heterocycles. The van der Waals surface area contributed by atoms with Crippen molar-refractivity contribution >= 4 is 23.6 Å². The SMILES string of the molecule is C[C@@H]1c2ccsc2CC[NH+]1Cn1nc(C2CC2)n(C)c1=S. The van der Waals surface area contributed by atoms with Gasteiger partial charge >= 0.3 is 0 Å². The minimum atomic E-state index is 0.535. The Morgan fingerprint density at radius 3 is 3.05 bits per heavy atom. The Morgan fingerprint density at radius 2 is 2.29 bits per heavy atom. The van der Waals surface area contributed by atoms with E-state index in [1.54, 1.807) is 9.78 Å². The van der Waals surface area contributed by atoms with Crippen LogP contribution in [-0.2, 0) is 20.1 Å². The Kier molecular flexibility index (Phi) is 3.28. The highest BCUT2D eigenvalue weighted by atomic mass is 32.1. The van der Waals surface area contributed by atoms with Crippen molar-refractivity contribution in [1.29, 1.82) is 0 Å². The lowest BCUT2D eigenvalue weighted by Crippen LogP contribution is -3.12. The highest BCUT2D eigenvalue weighted by Gasteiger charge is 2.31. The molecule has 1 unspecified atom stereocenters. The van der Waals surface area contributed by atoms with E-state index in [0.29, 0.717) is 12.0 Å². The van der Waals surface area contributed by atoms with Crippen molar-refractivity contribution in [3.8, 4) is 0 Å². The van der Waals surface area contributed by atoms with E-state index in [1.807, 2.05) is 16.0 Å². The van der Waals surface area contributed by atoms with Crippen LogP contribution < -0.4 is 4.90 Å². The molecule has 4 rings (SSSR count). The molecule has 1 fully saturated rings. The molecule has 2 aliphatic rings. The molecular formula is C15H21N4S2+. The number of rotatable bonds is 3. The second-order valence-corrected chi connectivity index (χ2v) is 7.68. The average Bonchev–Trinajstić information content (AvgIpc) is 3.13. The first-order valence-electron chi connectivity index (χ1n) is 7.69. The number of quaternary nitrogens is 1. The zero-order valence-electron chi connectivity index (χ0n) is 12.5. The minimum Gasteiger partial charge on any atom is -0.310 e. The van der Waals surface area contributed by atoms with Crippen molar-refractivity contribution in [2.75, 3.05) is 6.54 Å². The summed E-state index contributed by atoms with van der Waals surface area (Å²) < 4.78 is 5.02. The van der Waals surface area contributed by atoms with Gasteiger partial charge in [-0.1, -0.05) is 0 Å². The summed E-state index contributed by atoms with van der Waals surface area (Å²) in [5.74, 6) is 1.83. The smallest absolute Gasteiger partial charge is 0.202 e. The number of thiophene rings is 1. The first-order valence-corrected chi connectivity index (χ1v) is 8.98. The summed E-state index contributed by atoms with van der Waals surface area (Å²) in [5, 5.41) is 7.02. The topological polar surface area (TPSA) is 27.2 Å². The lowest BCUT2D eigenvalue weighted by Gasteiger charge is -2.30. The van der Waals surface area contributed by atoms with E-state index in [2.05, 4.69) is 30.0 Å². The Morgan fingerprint density at radius 1 is 1.48 bits per heavy atom. The van der Waals surface area contributed by atoms with Crippen LogP contribution in [0.25, 0.3) is 0 Å². The van der Waals surface area contributed by atoms with E-state index in [1.165, 1.54) is 37.2 Å². The molecule has 1 aliphatic carbocycles. The molecule has 2 aromatic rings. The Labute approximate surface area is 134 Å². The van der Waals surface area contributed by atoms with Crippen molar-refractivity contribution in [1.82, 2.24) is 14.3 Å². The molecule has 2 aromatic heterocycles. The Bertz CT molecular complexity index is 722. The van der Waals surface area contributed by atoms with Crippen LogP contribution in [0.3, 0.4) is 0 Å². The third-order valence-electron chi connectivity index (χ3n) is 4.90. The number of fused-ring (bicyclic) bond motifs is 1. The fourth-order valence-corrected chi connectivity index (χ4v) is 4.54. The molecule has 0 bridgehead atoms. The third kappa shape index (κ3) is 2.29. The zero-order valence-corrected chi connectivity index (χ0v) is 14.1. The number of aromatic nitrogens is 3. The first-order chi connectivity index (χ1) is 10.1. The van der Waals surface area contributed by atoms with E-state index >= 15 is 0 Å². The van der Waals surface area contributed by atoms with Crippen molar-refractivity contribution in [3.05, 3.63) is 32.5 Å². The molecule has 0 radical (unpaired) electrons. The summed E-state index contributed by atoms with van der Waals surface area (Å²) in [6, 6.07) is 2.82. The predicted molar refractivity (Wildman–Crippen MR) is 86.3 cm³/mol. The first kappa shape index (κ1) is 13.7. The largest absolute Gasteiger partial charge is 0.310 e. The van der Waals surface area contributed by atoms with Gasteiger partial charge in [0.2, 0.25) is 4.77 Å². The van der Waals surface area contributed by atoms with Gasteiger partial charge in [0.25, 0.3) is 0 Å². The molecule has 2 atom stereocenters. The summed E-state index contributed by atoms with van der Waals surface area (Å²) in [6.45, 7) is 4.38. The Hall–Kier alpha value is -0.980. The molecular weight excluding hydrogens is 300 g/mol. The number of nitrogens with zero attached hydrogens (tertiary/aromatic N) is 3. The van der Waals surface area contributed by atoms with Crippen LogP contribution in [0.15, 0.2) is 11.4 Å². The van der Waals surface area contributed by atoms with Crippen LogP contribution in [-0.4, -0.2) is 20.9 Å². The molecule has 1 N–H and O–H groups in total. The molecule has 0 aromatic carbocycles. The van der Waals surface area contributed by atoms with E-state index in [0.717, 1.165) is 11.4 Å². The van der Waals surface area contributed by atoms with Gasteiger partial charge in [0.05, 0.1) is 6.54 Å². The van der Waals surface area contributed by atoms with Gasteiger partial charge in [-0.15, -0.1) is 11.3 Å². The summed E-state index contributed by atoms with van der Waals surface area (Å²) in [7, 11) is 2.06. The Balaban J connectivity index is 1.59. The van der Waals surface area contributed by atoms with E-state index in [-0.39, 0.29) is 0 Å². The number of hydrogen-bond donors (Lipinski definition) is 1. The van der Waals surface area contributed by atoms with Gasteiger partial charge in [-0.2, -0.15) is 9.78 Å². The maximum atomic E-state index is 5.58. The molecule has 6 heteroatoms. The maximum Gasteiger partial charge on any atom is 0.202 e. The van der Waals surface area contributed by atoms with E-state index in [4.69, 9.17) is 17.3 Å². The number of nitrogens with one attached hydrogen (secondary N) is 1. The molecule has 21 heavy (non-hydrogen) atoms. The highest BCUT2D eigenvalue weighted by molar-refractivity contribution is 7.71. The summed E-state index contributed by atoms with van der Waals surface area (Å²) in [5.41, 5.74) is 1.52. The van der Waals surface area contributed by atoms with Crippen molar-refractivity contribution in [2.24, 2.45) is 7.05 Å². The maximum absolute atomic E-state index is 5.58. The summed E-state index contributed by atoms with van der Waals surface area (Å²) >= 11 is 7.48. The predicted octanol–water partition coefficient (Wildman–Crippen LogP) is 2.05. The normalized spacial score (nSPS) is 25.0. The summed E-state index contributed by atoms with van der Waals surface area (Å²) in [4.78, 5) is 3.13. The lowest BCUT2D eigenvalue weighted by atomic mass is 10.0. The monoisotopic (exact) mass is 321 g/mol. The van der Waals surface area contributed by atoms with Gasteiger partial charge in [-0.25, -0.2) is 0 Å². The van der Waals surface area contributed by atoms with Crippen LogP contribution >= 0.6 is 23.6 Å². The third-order valence-corrected chi connectivity index (χ3v) is 6.38. The molecule has 1 aliphatic heterocycles. The van der Waals surface area contributed by atoms with Gasteiger partial charge in [0.15, 0.2) is 6.67 Å². The lowest BCUT2D eigenvalue weighted by molar-refractivity contribution is -0.954. The van der Waals surface area contributed by atoms with E-state index < -0.39 is 0 Å². The standard InChI is InChI=1S/C15H20N4S2/c1-10-12-6-8-21-13(12)5-7-18(10)9-19-15(20)17(2)14(16-19)11-3-4-11/h6,8,10-11H,3-5,7,9H2,1-2H3/p+1/t10-/m1/s1. The molecule has 0 amide bonds. The average molecular weight is 321 g/mol. The molecule has 4 nitrogen and oxygen atoms in total. The summed E-state index contributed by atoms with van der Waals surface area (Å²) in [6.07, 6.45) is 3.72. The van der Waals surface area contributed by atoms with Crippen LogP contribution in [0, 0.1) is 4.77 Å². The zero-order chi connectivity index (χ0) is 14.6. The van der Waals surface area contributed by atoms with Crippen LogP contribution in [0.4, 0.5) is 0 Å². The highest BCUT2D eigenvalue weighted by Crippen LogP contribution is 2.38. The van der Waals surface area contributed by atoms with Crippen LogP contribution in [0.2, 0.25) is 0 Å². The fourth-order valence-electron chi connectivity index (χ4n) is 3.36. The van der Waals surface area contributed by atoms with Crippen LogP contribution in [0.5, 0.6) is 0 Å².